The Kier molecular flexibility index (Phi) is 5.20. The molecule has 0 saturated carbocycles. The maximum absolute atomic E-state index is 3.34. The van der Waals surface area contributed by atoms with Crippen LogP contribution in [0.5, 0.6) is 0 Å². The number of alkyl halides is 1. The highest BCUT2D eigenvalue weighted by atomic mass is 79.9. The van der Waals surface area contributed by atoms with E-state index < -0.39 is 0 Å². The molecule has 12 heavy (non-hydrogen) atoms. The summed E-state index contributed by atoms with van der Waals surface area (Å²) in [6.45, 7) is 0. The number of rotatable bonds is 4. The van der Waals surface area contributed by atoms with Gasteiger partial charge in [-0.3, -0.25) is 0 Å². The molecular formula is C10H11BrS. The van der Waals surface area contributed by atoms with Gasteiger partial charge in [-0.1, -0.05) is 46.3 Å². The van der Waals surface area contributed by atoms with E-state index in [2.05, 4.69) is 52.3 Å². The fourth-order valence-corrected chi connectivity index (χ4v) is 1.83. The highest BCUT2D eigenvalue weighted by Gasteiger charge is 1.87. The third-order valence-electron chi connectivity index (χ3n) is 1.35. The highest BCUT2D eigenvalue weighted by molar-refractivity contribution is 9.09. The Morgan fingerprint density at radius 3 is 2.58 bits per heavy atom. The summed E-state index contributed by atoms with van der Waals surface area (Å²) < 4.78 is 0. The van der Waals surface area contributed by atoms with Crippen LogP contribution in [0.3, 0.4) is 0 Å². The highest BCUT2D eigenvalue weighted by Crippen LogP contribution is 2.16. The second-order valence-electron chi connectivity index (χ2n) is 2.25. The zero-order valence-corrected chi connectivity index (χ0v) is 9.14. The fraction of sp³-hybridized carbons (Fsp3) is 0.200. The monoisotopic (exact) mass is 242 g/mol. The lowest BCUT2D eigenvalue weighted by Gasteiger charge is -1.95. The third-order valence-corrected chi connectivity index (χ3v) is 2.68. The van der Waals surface area contributed by atoms with Crippen molar-refractivity contribution >= 4 is 27.7 Å². The molecule has 0 atom stereocenters. The van der Waals surface area contributed by atoms with Gasteiger partial charge in [0.05, 0.1) is 0 Å². The van der Waals surface area contributed by atoms with Crippen molar-refractivity contribution < 1.29 is 0 Å². The zero-order valence-electron chi connectivity index (χ0n) is 6.74. The summed E-state index contributed by atoms with van der Waals surface area (Å²) in [6, 6.07) is 10.4. The van der Waals surface area contributed by atoms with Crippen LogP contribution in [0.1, 0.15) is 0 Å². The second kappa shape index (κ2) is 6.32. The van der Waals surface area contributed by atoms with Crippen LogP contribution in [0, 0.1) is 0 Å². The van der Waals surface area contributed by atoms with Gasteiger partial charge in [-0.25, -0.2) is 0 Å². The van der Waals surface area contributed by atoms with Crippen molar-refractivity contribution in [3.63, 3.8) is 0 Å². The molecule has 0 aliphatic carbocycles. The maximum Gasteiger partial charge on any atom is 0.0212 e. The minimum absolute atomic E-state index is 0.947. The Labute approximate surface area is 86.2 Å². The summed E-state index contributed by atoms with van der Waals surface area (Å²) in [5.74, 6) is 1.05. The molecule has 0 radical (unpaired) electrons. The lowest BCUT2D eigenvalue weighted by atomic mass is 10.4. The fourth-order valence-electron chi connectivity index (χ4n) is 0.792. The molecule has 1 aromatic carbocycles. The first-order valence-corrected chi connectivity index (χ1v) is 5.93. The van der Waals surface area contributed by atoms with Crippen LogP contribution < -0.4 is 0 Å². The predicted molar refractivity (Wildman–Crippen MR) is 60.1 cm³/mol. The summed E-state index contributed by atoms with van der Waals surface area (Å²) in [5, 5.41) is 0.947. The molecule has 64 valence electrons. The van der Waals surface area contributed by atoms with Gasteiger partial charge in [-0.2, -0.15) is 0 Å². The lowest BCUT2D eigenvalue weighted by molar-refractivity contribution is 1.46. The van der Waals surface area contributed by atoms with Crippen LogP contribution in [0.25, 0.3) is 0 Å². The molecule has 1 rings (SSSR count). The first kappa shape index (κ1) is 9.87. The minimum Gasteiger partial charge on any atom is -0.122 e. The molecule has 0 saturated heterocycles. The van der Waals surface area contributed by atoms with E-state index in [4.69, 9.17) is 0 Å². The Morgan fingerprint density at radius 1 is 1.17 bits per heavy atom. The van der Waals surface area contributed by atoms with Gasteiger partial charge in [0, 0.05) is 16.0 Å². The second-order valence-corrected chi connectivity index (χ2v) is 3.99. The van der Waals surface area contributed by atoms with Gasteiger partial charge in [0.2, 0.25) is 0 Å². The maximum atomic E-state index is 3.34. The molecule has 0 spiro atoms. The molecule has 0 heterocycles. The van der Waals surface area contributed by atoms with Crippen LogP contribution in [-0.2, 0) is 0 Å². The number of hydrogen-bond donors (Lipinski definition) is 0. The van der Waals surface area contributed by atoms with Gasteiger partial charge in [-0.05, 0) is 12.1 Å². The van der Waals surface area contributed by atoms with Gasteiger partial charge in [0.1, 0.15) is 0 Å². The van der Waals surface area contributed by atoms with Gasteiger partial charge >= 0.3 is 0 Å². The van der Waals surface area contributed by atoms with Crippen LogP contribution in [0.2, 0.25) is 0 Å². The van der Waals surface area contributed by atoms with Crippen molar-refractivity contribution in [3.8, 4) is 0 Å². The molecule has 0 fully saturated rings. The molecule has 1 aromatic rings. The Morgan fingerprint density at radius 2 is 1.92 bits per heavy atom. The van der Waals surface area contributed by atoms with Crippen molar-refractivity contribution in [2.75, 3.05) is 11.1 Å². The normalized spacial score (nSPS) is 10.8. The molecule has 0 aliphatic heterocycles. The van der Waals surface area contributed by atoms with E-state index in [0.717, 1.165) is 11.1 Å². The number of hydrogen-bond acceptors (Lipinski definition) is 1. The molecule has 0 aromatic heterocycles. The van der Waals surface area contributed by atoms with E-state index in [1.165, 1.54) is 4.90 Å². The van der Waals surface area contributed by atoms with Crippen molar-refractivity contribution in [2.24, 2.45) is 0 Å². The lowest BCUT2D eigenvalue weighted by Crippen LogP contribution is -1.72. The summed E-state index contributed by atoms with van der Waals surface area (Å²) in [7, 11) is 0. The van der Waals surface area contributed by atoms with Gasteiger partial charge < -0.3 is 0 Å². The molecule has 2 heteroatoms. The summed E-state index contributed by atoms with van der Waals surface area (Å²) in [5.41, 5.74) is 0. The Balaban J connectivity index is 2.29. The number of allylic oxidation sites excluding steroid dienone is 1. The van der Waals surface area contributed by atoms with Gasteiger partial charge in [-0.15, -0.1) is 11.8 Å². The molecular weight excluding hydrogens is 232 g/mol. The Bertz CT molecular complexity index is 231. The SMILES string of the molecule is BrC/C=C/CSc1ccccc1. The average Bonchev–Trinajstić information content (AvgIpc) is 2.14. The molecule has 0 amide bonds. The van der Waals surface area contributed by atoms with Crippen molar-refractivity contribution in [2.45, 2.75) is 4.90 Å². The average molecular weight is 243 g/mol. The van der Waals surface area contributed by atoms with Crippen molar-refractivity contribution in [3.05, 3.63) is 42.5 Å². The van der Waals surface area contributed by atoms with Crippen molar-refractivity contribution in [1.29, 1.82) is 0 Å². The number of thioether (sulfide) groups is 1. The molecule has 0 aliphatic rings. The van der Waals surface area contributed by atoms with Gasteiger partial charge in [0.15, 0.2) is 0 Å². The van der Waals surface area contributed by atoms with E-state index in [0.29, 0.717) is 0 Å². The minimum atomic E-state index is 0.947. The van der Waals surface area contributed by atoms with Gasteiger partial charge in [0.25, 0.3) is 0 Å². The number of benzene rings is 1. The standard InChI is InChI=1S/C10H11BrS/c11-8-4-5-9-12-10-6-2-1-3-7-10/h1-7H,8-9H2/b5-4+. The summed E-state index contributed by atoms with van der Waals surface area (Å²) in [4.78, 5) is 1.33. The zero-order chi connectivity index (χ0) is 8.65. The van der Waals surface area contributed by atoms with Crippen LogP contribution in [-0.4, -0.2) is 11.1 Å². The van der Waals surface area contributed by atoms with E-state index in [1.807, 2.05) is 17.8 Å². The summed E-state index contributed by atoms with van der Waals surface area (Å²) in [6.07, 6.45) is 4.29. The van der Waals surface area contributed by atoms with E-state index >= 15 is 0 Å². The summed E-state index contributed by atoms with van der Waals surface area (Å²) >= 11 is 5.19. The number of halogens is 1. The smallest absolute Gasteiger partial charge is 0.0212 e. The van der Waals surface area contributed by atoms with Crippen LogP contribution >= 0.6 is 27.7 Å². The molecule has 0 nitrogen and oxygen atoms in total. The first-order valence-electron chi connectivity index (χ1n) is 3.82. The molecule has 0 bridgehead atoms. The van der Waals surface area contributed by atoms with E-state index in [-0.39, 0.29) is 0 Å². The van der Waals surface area contributed by atoms with Crippen molar-refractivity contribution in [1.82, 2.24) is 0 Å². The topological polar surface area (TPSA) is 0 Å². The quantitative estimate of drug-likeness (QED) is 0.441. The van der Waals surface area contributed by atoms with E-state index in [1.54, 1.807) is 0 Å². The predicted octanol–water partition coefficient (Wildman–Crippen LogP) is 3.73. The molecule has 0 unspecified atom stereocenters. The van der Waals surface area contributed by atoms with Crippen LogP contribution in [0.15, 0.2) is 47.4 Å². The Hall–Kier alpha value is -0.210. The largest absolute Gasteiger partial charge is 0.122 e. The molecule has 0 N–H and O–H groups in total. The van der Waals surface area contributed by atoms with Crippen LogP contribution in [0.4, 0.5) is 0 Å². The van der Waals surface area contributed by atoms with E-state index in [9.17, 15) is 0 Å². The first-order chi connectivity index (χ1) is 5.93. The third kappa shape index (κ3) is 3.98.